The highest BCUT2D eigenvalue weighted by Crippen LogP contribution is 2.47. The molecular weight excluding hydrogens is 554 g/mol. The SMILES string of the molecule is CC1=C(c2ccc(OC(=O)C(C)C)cc2)C(c2ccc(OCCN3CCCCC3)cc2)Oc2cc(OC(=O)C(C)C)ccc21. The first-order chi connectivity index (χ1) is 21.2. The number of ether oxygens (including phenoxy) is 4. The van der Waals surface area contributed by atoms with Crippen LogP contribution < -0.4 is 18.9 Å². The van der Waals surface area contributed by atoms with Crippen molar-refractivity contribution in [3.05, 3.63) is 83.4 Å². The predicted molar refractivity (Wildman–Crippen MR) is 172 cm³/mol. The number of esters is 2. The van der Waals surface area contributed by atoms with E-state index in [1.807, 2.05) is 82.3 Å². The van der Waals surface area contributed by atoms with E-state index in [4.69, 9.17) is 18.9 Å². The van der Waals surface area contributed by atoms with Gasteiger partial charge in [-0.3, -0.25) is 14.5 Å². The van der Waals surface area contributed by atoms with Crippen LogP contribution in [0.1, 0.15) is 76.7 Å². The number of nitrogens with zero attached hydrogens (tertiary/aromatic N) is 1. The molecule has 0 aliphatic carbocycles. The Labute approximate surface area is 260 Å². The number of carbonyl (C=O) groups is 2. The normalized spacial score (nSPS) is 16.8. The molecule has 0 radical (unpaired) electrons. The average molecular weight is 598 g/mol. The lowest BCUT2D eigenvalue weighted by molar-refractivity contribution is -0.138. The molecule has 5 rings (SSSR count). The summed E-state index contributed by atoms with van der Waals surface area (Å²) in [5.41, 5.74) is 4.90. The van der Waals surface area contributed by atoms with Crippen LogP contribution in [0.15, 0.2) is 66.7 Å². The van der Waals surface area contributed by atoms with Crippen molar-refractivity contribution in [2.24, 2.45) is 11.8 Å². The summed E-state index contributed by atoms with van der Waals surface area (Å²) in [5.74, 6) is 1.41. The number of rotatable bonds is 10. The summed E-state index contributed by atoms with van der Waals surface area (Å²) in [7, 11) is 0. The Morgan fingerprint density at radius 2 is 1.39 bits per heavy atom. The van der Waals surface area contributed by atoms with E-state index in [2.05, 4.69) is 11.8 Å². The quantitative estimate of drug-likeness (QED) is 0.175. The van der Waals surface area contributed by atoms with Crippen LogP contribution in [-0.4, -0.2) is 43.1 Å². The monoisotopic (exact) mass is 597 g/mol. The third-order valence-corrected chi connectivity index (χ3v) is 8.12. The van der Waals surface area contributed by atoms with Gasteiger partial charge >= 0.3 is 11.9 Å². The third-order valence-electron chi connectivity index (χ3n) is 8.12. The Balaban J connectivity index is 1.42. The van der Waals surface area contributed by atoms with E-state index in [1.165, 1.54) is 19.3 Å². The maximum Gasteiger partial charge on any atom is 0.313 e. The fourth-order valence-corrected chi connectivity index (χ4v) is 5.49. The smallest absolute Gasteiger partial charge is 0.313 e. The van der Waals surface area contributed by atoms with Gasteiger partial charge in [-0.1, -0.05) is 58.4 Å². The molecule has 1 atom stereocenters. The van der Waals surface area contributed by atoms with Crippen molar-refractivity contribution < 1.29 is 28.5 Å². The van der Waals surface area contributed by atoms with E-state index in [1.54, 1.807) is 12.1 Å². The minimum Gasteiger partial charge on any atom is -0.492 e. The minimum absolute atomic E-state index is 0.214. The largest absolute Gasteiger partial charge is 0.492 e. The van der Waals surface area contributed by atoms with Crippen LogP contribution in [0, 0.1) is 11.8 Å². The fraction of sp³-hybridized carbons (Fsp3) is 0.405. The first kappa shape index (κ1) is 31.3. The molecule has 3 aromatic carbocycles. The Morgan fingerprint density at radius 1 is 0.795 bits per heavy atom. The Morgan fingerprint density at radius 3 is 2.02 bits per heavy atom. The van der Waals surface area contributed by atoms with Gasteiger partial charge in [-0.05, 0) is 86.0 Å². The number of carbonyl (C=O) groups excluding carboxylic acids is 2. The van der Waals surface area contributed by atoms with E-state index in [-0.39, 0.29) is 23.8 Å². The number of benzene rings is 3. The van der Waals surface area contributed by atoms with E-state index >= 15 is 0 Å². The maximum absolute atomic E-state index is 12.3. The second kappa shape index (κ2) is 14.1. The fourth-order valence-electron chi connectivity index (χ4n) is 5.49. The molecule has 2 aliphatic rings. The van der Waals surface area contributed by atoms with Crippen LogP contribution in [0.5, 0.6) is 23.0 Å². The van der Waals surface area contributed by atoms with Gasteiger partial charge in [0.2, 0.25) is 0 Å². The molecule has 0 saturated carbocycles. The zero-order valence-corrected chi connectivity index (χ0v) is 26.4. The number of fused-ring (bicyclic) bond motifs is 1. The van der Waals surface area contributed by atoms with E-state index in [0.29, 0.717) is 23.9 Å². The van der Waals surface area contributed by atoms with E-state index < -0.39 is 6.10 Å². The van der Waals surface area contributed by atoms with Gasteiger partial charge in [0.25, 0.3) is 0 Å². The molecule has 2 aliphatic heterocycles. The molecule has 0 N–H and O–H groups in total. The van der Waals surface area contributed by atoms with Crippen LogP contribution in [0.3, 0.4) is 0 Å². The van der Waals surface area contributed by atoms with Crippen molar-refractivity contribution >= 4 is 23.1 Å². The molecule has 0 spiro atoms. The molecule has 3 aromatic rings. The zero-order chi connectivity index (χ0) is 31.2. The third kappa shape index (κ3) is 7.51. The van der Waals surface area contributed by atoms with Crippen molar-refractivity contribution in [2.75, 3.05) is 26.2 Å². The summed E-state index contributed by atoms with van der Waals surface area (Å²) in [5, 5.41) is 0. The zero-order valence-electron chi connectivity index (χ0n) is 26.4. The lowest BCUT2D eigenvalue weighted by atomic mass is 9.86. The molecule has 1 unspecified atom stereocenters. The summed E-state index contributed by atoms with van der Waals surface area (Å²) >= 11 is 0. The average Bonchev–Trinajstić information content (AvgIpc) is 3.02. The Kier molecular flexibility index (Phi) is 10.1. The van der Waals surface area contributed by atoms with Crippen LogP contribution >= 0.6 is 0 Å². The first-order valence-corrected chi connectivity index (χ1v) is 15.7. The topological polar surface area (TPSA) is 74.3 Å². The first-order valence-electron chi connectivity index (χ1n) is 15.7. The lowest BCUT2D eigenvalue weighted by Gasteiger charge is -2.31. The number of hydrogen-bond donors (Lipinski definition) is 0. The Bertz CT molecular complexity index is 1480. The van der Waals surface area contributed by atoms with Crippen molar-refractivity contribution in [1.29, 1.82) is 0 Å². The molecule has 7 nitrogen and oxygen atoms in total. The highest BCUT2D eigenvalue weighted by atomic mass is 16.5. The van der Waals surface area contributed by atoms with Crippen molar-refractivity contribution in [3.8, 4) is 23.0 Å². The number of allylic oxidation sites excluding steroid dienone is 1. The highest BCUT2D eigenvalue weighted by molar-refractivity contribution is 5.95. The van der Waals surface area contributed by atoms with Crippen LogP contribution in [0.2, 0.25) is 0 Å². The van der Waals surface area contributed by atoms with Gasteiger partial charge in [0, 0.05) is 23.7 Å². The molecule has 7 heteroatoms. The second-order valence-corrected chi connectivity index (χ2v) is 12.2. The molecule has 232 valence electrons. The molecule has 2 heterocycles. The standard InChI is InChI=1S/C37H43NO6/c1-24(2)36(39)42-30-15-9-27(10-16-30)34-26(5)32-18-17-31(43-37(40)25(3)4)23-33(32)44-35(34)28-11-13-29(14-12-28)41-22-21-38-19-7-6-8-20-38/h9-18,23-25,35H,6-8,19-22H2,1-5H3. The predicted octanol–water partition coefficient (Wildman–Crippen LogP) is 7.74. The van der Waals surface area contributed by atoms with Gasteiger partial charge in [-0.15, -0.1) is 0 Å². The highest BCUT2D eigenvalue weighted by Gasteiger charge is 2.30. The summed E-state index contributed by atoms with van der Waals surface area (Å²) < 4.78 is 23.9. The summed E-state index contributed by atoms with van der Waals surface area (Å²) in [6, 6.07) is 21.1. The molecule has 0 amide bonds. The molecule has 1 fully saturated rings. The maximum atomic E-state index is 12.3. The molecule has 1 saturated heterocycles. The van der Waals surface area contributed by atoms with Gasteiger partial charge in [-0.2, -0.15) is 0 Å². The summed E-state index contributed by atoms with van der Waals surface area (Å²) in [6.45, 7) is 13.2. The van der Waals surface area contributed by atoms with Crippen molar-refractivity contribution in [2.45, 2.75) is 60.0 Å². The van der Waals surface area contributed by atoms with Crippen molar-refractivity contribution in [1.82, 2.24) is 4.90 Å². The molecule has 44 heavy (non-hydrogen) atoms. The second-order valence-electron chi connectivity index (χ2n) is 12.2. The number of hydrogen-bond acceptors (Lipinski definition) is 7. The van der Waals surface area contributed by atoms with Crippen LogP contribution in [0.25, 0.3) is 11.1 Å². The van der Waals surface area contributed by atoms with Crippen molar-refractivity contribution in [3.63, 3.8) is 0 Å². The molecular formula is C37H43NO6. The van der Waals surface area contributed by atoms with Crippen LogP contribution in [-0.2, 0) is 9.59 Å². The number of piperidine rings is 1. The summed E-state index contributed by atoms with van der Waals surface area (Å²) in [6.07, 6.45) is 3.43. The van der Waals surface area contributed by atoms with E-state index in [9.17, 15) is 9.59 Å². The molecule has 0 bridgehead atoms. The summed E-state index contributed by atoms with van der Waals surface area (Å²) in [4.78, 5) is 26.9. The van der Waals surface area contributed by atoms with Gasteiger partial charge in [-0.25, -0.2) is 0 Å². The van der Waals surface area contributed by atoms with Gasteiger partial charge in [0.15, 0.2) is 0 Å². The minimum atomic E-state index is -0.426. The van der Waals surface area contributed by atoms with E-state index in [0.717, 1.165) is 53.2 Å². The Hall–Kier alpha value is -4.10. The van der Waals surface area contributed by atoms with Crippen LogP contribution in [0.4, 0.5) is 0 Å². The lowest BCUT2D eigenvalue weighted by Crippen LogP contribution is -2.33. The van der Waals surface area contributed by atoms with Gasteiger partial charge < -0.3 is 18.9 Å². The molecule has 0 aromatic heterocycles. The van der Waals surface area contributed by atoms with Gasteiger partial charge in [0.1, 0.15) is 35.7 Å². The number of likely N-dealkylation sites (tertiary alicyclic amines) is 1. The van der Waals surface area contributed by atoms with Gasteiger partial charge in [0.05, 0.1) is 11.8 Å².